The van der Waals surface area contributed by atoms with Crippen LogP contribution in [0.25, 0.3) is 22.1 Å². The average molecular weight is 547 g/mol. The standard InChI is InChI=1S/C30H26O10/c1-34-21-10-8-16(12-24(21)36-3)20-14-38-30-18(28(20)33)9-11-22-27(30)19(13-25(31)40-22)17-6-5-7-23(35-2)29(17)39-15-26(32)37-4/h5-12,14,19H,13,15H2,1-4H3/t19-/m0/s1. The van der Waals surface area contributed by atoms with Gasteiger partial charge in [-0.2, -0.15) is 0 Å². The molecule has 40 heavy (non-hydrogen) atoms. The number of benzene rings is 3. The number of carbonyl (C=O) groups is 2. The van der Waals surface area contributed by atoms with Crippen LogP contribution < -0.4 is 29.1 Å². The van der Waals surface area contributed by atoms with Crippen LogP contribution >= 0.6 is 0 Å². The maximum absolute atomic E-state index is 13.7. The molecule has 1 aliphatic rings. The number of para-hydroxylation sites is 1. The second-order valence-electron chi connectivity index (χ2n) is 8.88. The molecule has 0 amide bonds. The molecule has 0 radical (unpaired) electrons. The Morgan fingerprint density at radius 2 is 1.70 bits per heavy atom. The van der Waals surface area contributed by atoms with E-state index in [4.69, 9.17) is 32.8 Å². The van der Waals surface area contributed by atoms with Gasteiger partial charge >= 0.3 is 11.9 Å². The molecule has 10 heteroatoms. The average Bonchev–Trinajstić information content (AvgIpc) is 2.98. The minimum Gasteiger partial charge on any atom is -0.493 e. The van der Waals surface area contributed by atoms with Crippen LogP contribution in [0.1, 0.15) is 23.5 Å². The third kappa shape index (κ3) is 4.68. The molecule has 0 N–H and O–H groups in total. The predicted molar refractivity (Wildman–Crippen MR) is 144 cm³/mol. The van der Waals surface area contributed by atoms with E-state index in [1.165, 1.54) is 34.7 Å². The van der Waals surface area contributed by atoms with Gasteiger partial charge in [0.25, 0.3) is 0 Å². The summed E-state index contributed by atoms with van der Waals surface area (Å²) in [6.45, 7) is -0.368. The molecule has 1 aromatic heterocycles. The molecular formula is C30H26O10. The van der Waals surface area contributed by atoms with Crippen molar-refractivity contribution in [2.75, 3.05) is 35.0 Å². The third-order valence-corrected chi connectivity index (χ3v) is 6.74. The van der Waals surface area contributed by atoms with Gasteiger partial charge < -0.3 is 32.8 Å². The van der Waals surface area contributed by atoms with Crippen LogP contribution in [-0.2, 0) is 14.3 Å². The first kappa shape index (κ1) is 26.6. The number of esters is 2. The molecule has 1 atom stereocenters. The molecule has 0 fully saturated rings. The highest BCUT2D eigenvalue weighted by molar-refractivity contribution is 5.90. The second-order valence-corrected chi connectivity index (χ2v) is 8.88. The topological polar surface area (TPSA) is 120 Å². The zero-order chi connectivity index (χ0) is 28.4. The van der Waals surface area contributed by atoms with Gasteiger partial charge in [0.2, 0.25) is 5.43 Å². The van der Waals surface area contributed by atoms with Crippen molar-refractivity contribution >= 4 is 22.9 Å². The first-order chi connectivity index (χ1) is 19.4. The molecular weight excluding hydrogens is 520 g/mol. The molecule has 0 unspecified atom stereocenters. The van der Waals surface area contributed by atoms with E-state index >= 15 is 0 Å². The first-order valence-electron chi connectivity index (χ1n) is 12.3. The van der Waals surface area contributed by atoms with E-state index < -0.39 is 17.9 Å². The fourth-order valence-electron chi connectivity index (χ4n) is 4.84. The fraction of sp³-hybridized carbons (Fsp3) is 0.233. The number of fused-ring (bicyclic) bond motifs is 3. The number of hydrogen-bond donors (Lipinski definition) is 0. The van der Waals surface area contributed by atoms with Crippen molar-refractivity contribution in [2.24, 2.45) is 0 Å². The van der Waals surface area contributed by atoms with E-state index in [0.29, 0.717) is 44.9 Å². The lowest BCUT2D eigenvalue weighted by Crippen LogP contribution is -2.23. The summed E-state index contributed by atoms with van der Waals surface area (Å²) < 4.78 is 38.3. The Labute approximate surface area is 228 Å². The van der Waals surface area contributed by atoms with Gasteiger partial charge in [-0.05, 0) is 35.9 Å². The van der Waals surface area contributed by atoms with E-state index in [0.717, 1.165) is 0 Å². The van der Waals surface area contributed by atoms with Gasteiger partial charge in [0.15, 0.2) is 29.6 Å². The van der Waals surface area contributed by atoms with Crippen LogP contribution in [0.2, 0.25) is 0 Å². The zero-order valence-corrected chi connectivity index (χ0v) is 22.3. The predicted octanol–water partition coefficient (Wildman–Crippen LogP) is 4.48. The Bertz CT molecular complexity index is 1670. The Balaban J connectivity index is 1.68. The molecule has 0 bridgehead atoms. The van der Waals surface area contributed by atoms with Crippen molar-refractivity contribution in [3.63, 3.8) is 0 Å². The second kappa shape index (κ2) is 11.0. The van der Waals surface area contributed by atoms with E-state index in [9.17, 15) is 14.4 Å². The molecule has 4 aromatic rings. The lowest BCUT2D eigenvalue weighted by molar-refractivity contribution is -0.143. The summed E-state index contributed by atoms with van der Waals surface area (Å²) >= 11 is 0. The summed E-state index contributed by atoms with van der Waals surface area (Å²) in [5.74, 6) is 0.201. The Kier molecular flexibility index (Phi) is 7.33. The number of hydrogen-bond acceptors (Lipinski definition) is 10. The van der Waals surface area contributed by atoms with E-state index in [-0.39, 0.29) is 35.5 Å². The van der Waals surface area contributed by atoms with Crippen molar-refractivity contribution in [3.8, 4) is 39.9 Å². The SMILES string of the molecule is COC(=O)COc1c(OC)cccc1[C@@H]1CC(=O)Oc2ccc3c(=O)c(-c4ccc(OC)c(OC)c4)coc3c21. The molecule has 0 saturated heterocycles. The molecule has 0 saturated carbocycles. The van der Waals surface area contributed by atoms with Crippen LogP contribution in [0.5, 0.6) is 28.7 Å². The normalized spacial score (nSPS) is 14.2. The van der Waals surface area contributed by atoms with Gasteiger partial charge in [-0.3, -0.25) is 9.59 Å². The van der Waals surface area contributed by atoms with E-state index in [2.05, 4.69) is 0 Å². The van der Waals surface area contributed by atoms with Crippen molar-refractivity contribution in [3.05, 3.63) is 76.1 Å². The Morgan fingerprint density at radius 3 is 2.42 bits per heavy atom. The van der Waals surface area contributed by atoms with Crippen molar-refractivity contribution in [2.45, 2.75) is 12.3 Å². The highest BCUT2D eigenvalue weighted by Crippen LogP contribution is 2.47. The summed E-state index contributed by atoms with van der Waals surface area (Å²) in [5.41, 5.74) is 1.96. The summed E-state index contributed by atoms with van der Waals surface area (Å²) in [6.07, 6.45) is 1.31. The smallest absolute Gasteiger partial charge is 0.343 e. The summed E-state index contributed by atoms with van der Waals surface area (Å²) in [7, 11) is 5.77. The van der Waals surface area contributed by atoms with Crippen LogP contribution in [0, 0.1) is 0 Å². The van der Waals surface area contributed by atoms with Gasteiger partial charge in [0.05, 0.1) is 45.8 Å². The summed E-state index contributed by atoms with van der Waals surface area (Å²) in [5, 5.41) is 0.300. The molecule has 0 aliphatic carbocycles. The van der Waals surface area contributed by atoms with E-state index in [1.54, 1.807) is 48.5 Å². The number of rotatable bonds is 8. The molecule has 10 nitrogen and oxygen atoms in total. The van der Waals surface area contributed by atoms with Gasteiger partial charge in [0, 0.05) is 17.0 Å². The fourth-order valence-corrected chi connectivity index (χ4v) is 4.84. The minimum absolute atomic E-state index is 0.0605. The van der Waals surface area contributed by atoms with Crippen molar-refractivity contribution in [1.82, 2.24) is 0 Å². The number of methoxy groups -OCH3 is 4. The molecule has 2 heterocycles. The Hall–Kier alpha value is -4.99. The zero-order valence-electron chi connectivity index (χ0n) is 22.3. The van der Waals surface area contributed by atoms with Crippen molar-refractivity contribution < 1.29 is 42.4 Å². The summed E-state index contributed by atoms with van der Waals surface area (Å²) in [4.78, 5) is 38.2. The highest BCUT2D eigenvalue weighted by atomic mass is 16.6. The van der Waals surface area contributed by atoms with Crippen LogP contribution in [0.15, 0.2) is 64.0 Å². The lowest BCUT2D eigenvalue weighted by atomic mass is 9.84. The quantitative estimate of drug-likeness (QED) is 0.231. The summed E-state index contributed by atoms with van der Waals surface area (Å²) in [6, 6.07) is 13.5. The van der Waals surface area contributed by atoms with Crippen molar-refractivity contribution in [1.29, 1.82) is 0 Å². The maximum Gasteiger partial charge on any atom is 0.343 e. The molecule has 5 rings (SSSR count). The van der Waals surface area contributed by atoms with Gasteiger partial charge in [-0.15, -0.1) is 0 Å². The van der Waals surface area contributed by atoms with Gasteiger partial charge in [-0.1, -0.05) is 18.2 Å². The van der Waals surface area contributed by atoms with Crippen LogP contribution in [0.3, 0.4) is 0 Å². The van der Waals surface area contributed by atoms with Gasteiger partial charge in [0.1, 0.15) is 17.6 Å². The van der Waals surface area contributed by atoms with Gasteiger partial charge in [-0.25, -0.2) is 4.79 Å². The number of carbonyl (C=O) groups excluding carboxylic acids is 2. The molecule has 0 spiro atoms. The highest BCUT2D eigenvalue weighted by Gasteiger charge is 2.35. The minimum atomic E-state index is -0.627. The monoisotopic (exact) mass is 546 g/mol. The van der Waals surface area contributed by atoms with E-state index in [1.807, 2.05) is 0 Å². The third-order valence-electron chi connectivity index (χ3n) is 6.74. The largest absolute Gasteiger partial charge is 0.493 e. The number of ether oxygens (including phenoxy) is 6. The molecule has 1 aliphatic heterocycles. The Morgan fingerprint density at radius 1 is 0.925 bits per heavy atom. The molecule has 206 valence electrons. The van der Waals surface area contributed by atoms with Crippen LogP contribution in [0.4, 0.5) is 0 Å². The van der Waals surface area contributed by atoms with Crippen LogP contribution in [-0.4, -0.2) is 47.0 Å². The lowest BCUT2D eigenvalue weighted by Gasteiger charge is -2.27. The first-order valence-corrected chi connectivity index (χ1v) is 12.3. The molecule has 3 aromatic carbocycles. The maximum atomic E-state index is 13.7.